The summed E-state index contributed by atoms with van der Waals surface area (Å²) in [5.41, 5.74) is 2.19. The van der Waals surface area contributed by atoms with Crippen LogP contribution in [0.1, 0.15) is 22.8 Å². The molecule has 2 N–H and O–H groups in total. The zero-order valence-corrected chi connectivity index (χ0v) is 18.8. The topological polar surface area (TPSA) is 59.6 Å². The fourth-order valence-electron chi connectivity index (χ4n) is 2.70. The van der Waals surface area contributed by atoms with Crippen molar-refractivity contribution in [3.05, 3.63) is 88.4 Å². The van der Waals surface area contributed by atoms with Crippen LogP contribution in [0.25, 0.3) is 0 Å². The Balaban J connectivity index is 1.61. The highest BCUT2D eigenvalue weighted by Crippen LogP contribution is 2.23. The number of hydrogen-bond donors (Lipinski definition) is 2. The maximum absolute atomic E-state index is 12.7. The van der Waals surface area contributed by atoms with E-state index in [1.807, 2.05) is 67.6 Å². The quantitative estimate of drug-likeness (QED) is 0.430. The van der Waals surface area contributed by atoms with Crippen molar-refractivity contribution in [2.24, 2.45) is 0 Å². The Bertz CT molecular complexity index is 1030. The van der Waals surface area contributed by atoms with Gasteiger partial charge in [-0.3, -0.25) is 10.1 Å². The average Bonchev–Trinajstić information content (AvgIpc) is 2.74. The minimum atomic E-state index is -0.353. The monoisotopic (exact) mass is 484 g/mol. The smallest absolute Gasteiger partial charge is 0.261 e. The molecule has 3 aromatic carbocycles. The van der Waals surface area contributed by atoms with Crippen LogP contribution >= 0.6 is 28.1 Å². The summed E-state index contributed by atoms with van der Waals surface area (Å²) in [4.78, 5) is 12.7. The standard InChI is InChI=1S/C23H21BrN2O3S/c1-2-28-21-12-11-17(24)13-20(21)22(27)26-23(30)25-18-9-6-10-19(14-18)29-15-16-7-4-3-5-8-16/h3-14H,2,15H2,1H3,(H2,25,26,27,30). The Morgan fingerprint density at radius 1 is 1.00 bits per heavy atom. The number of carbonyl (C=O) groups excluding carboxylic acids is 1. The zero-order chi connectivity index (χ0) is 21.3. The maximum Gasteiger partial charge on any atom is 0.261 e. The SMILES string of the molecule is CCOc1ccc(Br)cc1C(=O)NC(=S)Nc1cccc(OCc2ccccc2)c1. The molecule has 0 atom stereocenters. The lowest BCUT2D eigenvalue weighted by Crippen LogP contribution is -2.34. The van der Waals surface area contributed by atoms with E-state index in [-0.39, 0.29) is 11.0 Å². The summed E-state index contributed by atoms with van der Waals surface area (Å²) in [5.74, 6) is 0.842. The van der Waals surface area contributed by atoms with Crippen LogP contribution in [0, 0.1) is 0 Å². The fourth-order valence-corrected chi connectivity index (χ4v) is 3.27. The van der Waals surface area contributed by atoms with E-state index in [1.165, 1.54) is 0 Å². The lowest BCUT2D eigenvalue weighted by Gasteiger charge is -2.13. The van der Waals surface area contributed by atoms with Gasteiger partial charge in [-0.1, -0.05) is 52.3 Å². The molecule has 0 aliphatic carbocycles. The third kappa shape index (κ3) is 6.30. The van der Waals surface area contributed by atoms with Crippen LogP contribution in [0.15, 0.2) is 77.3 Å². The minimum absolute atomic E-state index is 0.183. The Morgan fingerprint density at radius 2 is 1.80 bits per heavy atom. The lowest BCUT2D eigenvalue weighted by molar-refractivity contribution is 0.0974. The summed E-state index contributed by atoms with van der Waals surface area (Å²) in [5, 5.41) is 5.88. The van der Waals surface area contributed by atoms with Crippen LogP contribution in [-0.2, 0) is 6.61 Å². The highest BCUT2D eigenvalue weighted by atomic mass is 79.9. The molecule has 7 heteroatoms. The van der Waals surface area contributed by atoms with Gasteiger partial charge >= 0.3 is 0 Å². The van der Waals surface area contributed by atoms with E-state index in [0.717, 1.165) is 10.0 Å². The van der Waals surface area contributed by atoms with Crippen molar-refractivity contribution >= 4 is 44.9 Å². The summed E-state index contributed by atoms with van der Waals surface area (Å²) >= 11 is 8.68. The number of hydrogen-bond acceptors (Lipinski definition) is 4. The number of halogens is 1. The van der Waals surface area contributed by atoms with Crippen molar-refractivity contribution in [1.82, 2.24) is 5.32 Å². The first kappa shape index (κ1) is 21.8. The molecule has 0 unspecified atom stereocenters. The number of benzene rings is 3. The normalized spacial score (nSPS) is 10.2. The van der Waals surface area contributed by atoms with Crippen molar-refractivity contribution in [2.75, 3.05) is 11.9 Å². The molecule has 0 heterocycles. The number of ether oxygens (including phenoxy) is 2. The minimum Gasteiger partial charge on any atom is -0.493 e. The third-order valence-electron chi connectivity index (χ3n) is 4.05. The number of nitrogens with one attached hydrogen (secondary N) is 2. The first-order valence-corrected chi connectivity index (χ1v) is 10.6. The largest absolute Gasteiger partial charge is 0.493 e. The Kier molecular flexibility index (Phi) is 7.82. The van der Waals surface area contributed by atoms with E-state index < -0.39 is 0 Å². The predicted molar refractivity (Wildman–Crippen MR) is 126 cm³/mol. The van der Waals surface area contributed by atoms with Gasteiger partial charge in [-0.25, -0.2) is 0 Å². The summed E-state index contributed by atoms with van der Waals surface area (Å²) in [7, 11) is 0. The summed E-state index contributed by atoms with van der Waals surface area (Å²) < 4.78 is 12.1. The van der Waals surface area contributed by atoms with Gasteiger partial charge in [0, 0.05) is 16.2 Å². The molecule has 0 bridgehead atoms. The molecule has 0 fully saturated rings. The molecule has 0 aliphatic heterocycles. The van der Waals surface area contributed by atoms with Gasteiger partial charge in [-0.05, 0) is 55.0 Å². The molecule has 5 nitrogen and oxygen atoms in total. The van der Waals surface area contributed by atoms with Gasteiger partial charge in [-0.2, -0.15) is 0 Å². The van der Waals surface area contributed by atoms with E-state index >= 15 is 0 Å². The van der Waals surface area contributed by atoms with E-state index in [1.54, 1.807) is 12.1 Å². The molecular formula is C23H21BrN2O3S. The number of thiocarbonyl (C=S) groups is 1. The first-order valence-electron chi connectivity index (χ1n) is 9.36. The molecule has 1 amide bonds. The average molecular weight is 485 g/mol. The molecule has 0 spiro atoms. The van der Waals surface area contributed by atoms with Crippen molar-refractivity contribution in [2.45, 2.75) is 13.5 Å². The van der Waals surface area contributed by atoms with Crippen molar-refractivity contribution in [1.29, 1.82) is 0 Å². The van der Waals surface area contributed by atoms with E-state index in [2.05, 4.69) is 26.6 Å². The van der Waals surface area contributed by atoms with Crippen molar-refractivity contribution < 1.29 is 14.3 Å². The van der Waals surface area contributed by atoms with Gasteiger partial charge in [0.05, 0.1) is 12.2 Å². The van der Waals surface area contributed by atoms with Crippen LogP contribution in [0.3, 0.4) is 0 Å². The highest BCUT2D eigenvalue weighted by molar-refractivity contribution is 9.10. The van der Waals surface area contributed by atoms with Crippen LogP contribution in [-0.4, -0.2) is 17.6 Å². The van der Waals surface area contributed by atoms with Gasteiger partial charge in [-0.15, -0.1) is 0 Å². The molecule has 0 aliphatic rings. The third-order valence-corrected chi connectivity index (χ3v) is 4.75. The molecule has 154 valence electrons. The van der Waals surface area contributed by atoms with Gasteiger partial charge in [0.1, 0.15) is 18.1 Å². The van der Waals surface area contributed by atoms with Gasteiger partial charge in [0.15, 0.2) is 5.11 Å². The Hall–Kier alpha value is -2.90. The molecule has 0 aromatic heterocycles. The molecule has 3 aromatic rings. The molecule has 0 saturated heterocycles. The highest BCUT2D eigenvalue weighted by Gasteiger charge is 2.15. The number of amides is 1. The van der Waals surface area contributed by atoms with E-state index in [9.17, 15) is 4.79 Å². The molecule has 3 rings (SSSR count). The van der Waals surface area contributed by atoms with E-state index in [4.69, 9.17) is 21.7 Å². The predicted octanol–water partition coefficient (Wildman–Crippen LogP) is 5.55. The summed E-state index contributed by atoms with van der Waals surface area (Å²) in [6.45, 7) is 2.79. The molecule has 30 heavy (non-hydrogen) atoms. The van der Waals surface area contributed by atoms with Gasteiger partial charge in [0.25, 0.3) is 5.91 Å². The zero-order valence-electron chi connectivity index (χ0n) is 16.4. The maximum atomic E-state index is 12.7. The second-order valence-corrected chi connectivity index (χ2v) is 7.61. The molecular weight excluding hydrogens is 464 g/mol. The summed E-state index contributed by atoms with van der Waals surface area (Å²) in [6.07, 6.45) is 0. The lowest BCUT2D eigenvalue weighted by atomic mass is 10.2. The number of rotatable bonds is 7. The van der Waals surface area contributed by atoms with Crippen molar-refractivity contribution in [3.8, 4) is 11.5 Å². The fraction of sp³-hybridized carbons (Fsp3) is 0.130. The number of carbonyl (C=O) groups is 1. The second kappa shape index (κ2) is 10.8. The summed E-state index contributed by atoms with van der Waals surface area (Å²) in [6, 6.07) is 22.6. The van der Waals surface area contributed by atoms with Crippen LogP contribution < -0.4 is 20.1 Å². The molecule has 0 saturated carbocycles. The Labute approximate surface area is 189 Å². The van der Waals surface area contributed by atoms with Crippen LogP contribution in [0.4, 0.5) is 5.69 Å². The Morgan fingerprint density at radius 3 is 2.57 bits per heavy atom. The second-order valence-electron chi connectivity index (χ2n) is 6.28. The first-order chi connectivity index (χ1) is 14.5. The number of anilines is 1. The van der Waals surface area contributed by atoms with E-state index in [0.29, 0.717) is 36.0 Å². The van der Waals surface area contributed by atoms with Crippen molar-refractivity contribution in [3.63, 3.8) is 0 Å². The van der Waals surface area contributed by atoms with Crippen LogP contribution in [0.2, 0.25) is 0 Å². The molecule has 0 radical (unpaired) electrons. The van der Waals surface area contributed by atoms with Gasteiger partial charge in [0.2, 0.25) is 0 Å². The van der Waals surface area contributed by atoms with Crippen LogP contribution in [0.5, 0.6) is 11.5 Å². The van der Waals surface area contributed by atoms with Gasteiger partial charge < -0.3 is 14.8 Å².